The first-order chi connectivity index (χ1) is 14.5. The summed E-state index contributed by atoms with van der Waals surface area (Å²) in [5, 5.41) is 2.86. The van der Waals surface area contributed by atoms with E-state index >= 15 is 0 Å². The first-order valence-electron chi connectivity index (χ1n) is 10.4. The van der Waals surface area contributed by atoms with Gasteiger partial charge in [-0.2, -0.15) is 0 Å². The molecule has 4 rings (SSSR count). The predicted molar refractivity (Wildman–Crippen MR) is 120 cm³/mol. The number of carbonyl (C=O) groups is 1. The summed E-state index contributed by atoms with van der Waals surface area (Å²) in [7, 11) is 0. The summed E-state index contributed by atoms with van der Waals surface area (Å²) >= 11 is 1.55. The SMILES string of the molecule is CC(=O)N(c1nc(C[NH+]2CCN(c3cccc[nH+]3)CC2)cs1)c1c(C)cccc1C. The third kappa shape index (κ3) is 4.37. The molecule has 0 radical (unpaired) electrons. The van der Waals surface area contributed by atoms with Crippen LogP contribution in [0.1, 0.15) is 23.7 Å². The van der Waals surface area contributed by atoms with Gasteiger partial charge in [0.05, 0.1) is 11.9 Å². The lowest BCUT2D eigenvalue weighted by Gasteiger charge is -2.27. The van der Waals surface area contributed by atoms with Gasteiger partial charge in [0, 0.05) is 18.4 Å². The second-order valence-corrected chi connectivity index (χ2v) is 8.71. The quantitative estimate of drug-likeness (QED) is 0.684. The van der Waals surface area contributed by atoms with Crippen LogP contribution in [0.15, 0.2) is 48.0 Å². The average Bonchev–Trinajstić information content (AvgIpc) is 3.19. The topological polar surface area (TPSA) is 55.0 Å². The van der Waals surface area contributed by atoms with E-state index < -0.39 is 0 Å². The van der Waals surface area contributed by atoms with E-state index in [4.69, 9.17) is 4.98 Å². The number of aromatic nitrogens is 2. The van der Waals surface area contributed by atoms with Crippen LogP contribution in [0.3, 0.4) is 0 Å². The fourth-order valence-corrected chi connectivity index (χ4v) is 4.98. The van der Waals surface area contributed by atoms with Crippen molar-refractivity contribution in [2.75, 3.05) is 36.0 Å². The average molecular weight is 424 g/mol. The van der Waals surface area contributed by atoms with Crippen molar-refractivity contribution in [3.8, 4) is 0 Å². The minimum absolute atomic E-state index is 0.00614. The largest absolute Gasteiger partial charge is 0.323 e. The number of aromatic amines is 1. The number of quaternary nitrogens is 1. The number of thiazole rings is 1. The van der Waals surface area contributed by atoms with Crippen LogP contribution >= 0.6 is 11.3 Å². The summed E-state index contributed by atoms with van der Waals surface area (Å²) in [6, 6.07) is 12.3. The van der Waals surface area contributed by atoms with Gasteiger partial charge in [0.25, 0.3) is 5.82 Å². The molecule has 3 heterocycles. The van der Waals surface area contributed by atoms with E-state index in [2.05, 4.69) is 27.4 Å². The number of rotatable bonds is 5. The summed E-state index contributed by atoms with van der Waals surface area (Å²) in [5.74, 6) is 1.17. The van der Waals surface area contributed by atoms with Crippen molar-refractivity contribution in [3.63, 3.8) is 0 Å². The molecule has 1 saturated heterocycles. The van der Waals surface area contributed by atoms with E-state index in [0.717, 1.165) is 60.4 Å². The van der Waals surface area contributed by atoms with E-state index in [1.54, 1.807) is 23.2 Å². The number of H-pyrrole nitrogens is 1. The third-order valence-corrected chi connectivity index (χ3v) is 6.52. The molecule has 156 valence electrons. The Hall–Kier alpha value is -2.77. The molecule has 7 heteroatoms. The van der Waals surface area contributed by atoms with Crippen molar-refractivity contribution < 1.29 is 14.7 Å². The lowest BCUT2D eigenvalue weighted by atomic mass is 10.1. The Morgan fingerprint density at radius 2 is 1.90 bits per heavy atom. The highest BCUT2D eigenvalue weighted by Gasteiger charge is 2.27. The van der Waals surface area contributed by atoms with E-state index in [0.29, 0.717) is 0 Å². The zero-order valence-corrected chi connectivity index (χ0v) is 18.6. The molecule has 6 nitrogen and oxygen atoms in total. The Bertz CT molecular complexity index is 991. The molecule has 0 atom stereocenters. The molecule has 30 heavy (non-hydrogen) atoms. The van der Waals surface area contributed by atoms with Crippen molar-refractivity contribution >= 4 is 33.9 Å². The van der Waals surface area contributed by atoms with Gasteiger partial charge >= 0.3 is 0 Å². The molecule has 1 aliphatic heterocycles. The van der Waals surface area contributed by atoms with Gasteiger partial charge < -0.3 is 4.90 Å². The fourth-order valence-electron chi connectivity index (χ4n) is 4.10. The molecular formula is C23H29N5OS+2. The number of hydrogen-bond acceptors (Lipinski definition) is 4. The monoisotopic (exact) mass is 423 g/mol. The summed E-state index contributed by atoms with van der Waals surface area (Å²) in [5.41, 5.74) is 4.18. The highest BCUT2D eigenvalue weighted by Crippen LogP contribution is 2.33. The van der Waals surface area contributed by atoms with Gasteiger partial charge in [-0.1, -0.05) is 24.3 Å². The Morgan fingerprint density at radius 3 is 2.53 bits per heavy atom. The fraction of sp³-hybridized carbons (Fsp3) is 0.348. The van der Waals surface area contributed by atoms with Crippen LogP contribution in [-0.2, 0) is 11.3 Å². The minimum atomic E-state index is -0.00614. The zero-order chi connectivity index (χ0) is 21.1. The molecular weight excluding hydrogens is 394 g/mol. The Kier molecular flexibility index (Phi) is 6.11. The molecule has 1 aromatic carbocycles. The van der Waals surface area contributed by atoms with Crippen molar-refractivity contribution in [2.24, 2.45) is 0 Å². The van der Waals surface area contributed by atoms with Gasteiger partial charge in [-0.15, -0.1) is 11.3 Å². The maximum absolute atomic E-state index is 12.5. The lowest BCUT2D eigenvalue weighted by Crippen LogP contribution is -3.13. The smallest absolute Gasteiger partial charge is 0.274 e. The molecule has 0 spiro atoms. The number of amides is 1. The van der Waals surface area contributed by atoms with Crippen LogP contribution in [0.25, 0.3) is 0 Å². The first kappa shape index (κ1) is 20.5. The van der Waals surface area contributed by atoms with E-state index in [1.165, 1.54) is 10.7 Å². The van der Waals surface area contributed by atoms with E-state index in [-0.39, 0.29) is 5.91 Å². The number of piperazine rings is 1. The second-order valence-electron chi connectivity index (χ2n) is 7.88. The highest BCUT2D eigenvalue weighted by molar-refractivity contribution is 7.14. The molecule has 2 N–H and O–H groups in total. The summed E-state index contributed by atoms with van der Waals surface area (Å²) < 4.78 is 0. The van der Waals surface area contributed by atoms with Crippen LogP contribution < -0.4 is 19.7 Å². The lowest BCUT2D eigenvalue weighted by molar-refractivity contribution is -0.914. The number of aryl methyl sites for hydroxylation is 2. The van der Waals surface area contributed by atoms with Crippen LogP contribution in [0.4, 0.5) is 16.6 Å². The Morgan fingerprint density at radius 1 is 1.17 bits per heavy atom. The molecule has 1 fully saturated rings. The standard InChI is InChI=1S/C23H27N5OS/c1-17-7-6-8-18(2)22(17)28(19(3)29)23-25-20(16-30-23)15-26-11-13-27(14-12-26)21-9-4-5-10-24-21/h4-10,16H,11-15H2,1-3H3/p+2. The van der Waals surface area contributed by atoms with Crippen LogP contribution in [-0.4, -0.2) is 37.1 Å². The normalized spacial score (nSPS) is 14.7. The van der Waals surface area contributed by atoms with Crippen LogP contribution in [0.5, 0.6) is 0 Å². The van der Waals surface area contributed by atoms with Gasteiger partial charge in [-0.25, -0.2) is 9.97 Å². The molecule has 0 aliphatic carbocycles. The minimum Gasteiger partial charge on any atom is -0.323 e. The van der Waals surface area contributed by atoms with E-state index in [1.807, 2.05) is 44.3 Å². The van der Waals surface area contributed by atoms with Gasteiger partial charge in [0.1, 0.15) is 38.4 Å². The molecule has 0 bridgehead atoms. The maximum Gasteiger partial charge on any atom is 0.274 e. The first-order valence-corrected chi connectivity index (χ1v) is 11.3. The maximum atomic E-state index is 12.5. The number of anilines is 3. The number of pyridine rings is 1. The molecule has 0 saturated carbocycles. The van der Waals surface area contributed by atoms with Crippen molar-refractivity contribution in [2.45, 2.75) is 27.3 Å². The molecule has 1 aliphatic rings. The highest BCUT2D eigenvalue weighted by atomic mass is 32.1. The van der Waals surface area contributed by atoms with Crippen LogP contribution in [0.2, 0.25) is 0 Å². The van der Waals surface area contributed by atoms with Gasteiger partial charge in [0.2, 0.25) is 5.91 Å². The second kappa shape index (κ2) is 8.93. The number of nitrogens with one attached hydrogen (secondary N) is 2. The Labute approximate surface area is 181 Å². The molecule has 0 unspecified atom stereocenters. The summed E-state index contributed by atoms with van der Waals surface area (Å²) in [4.78, 5) is 26.4. The molecule has 3 aromatic rings. The molecule has 2 aromatic heterocycles. The number of carbonyl (C=O) groups excluding carboxylic acids is 1. The number of hydrogen-bond donors (Lipinski definition) is 1. The van der Waals surface area contributed by atoms with Crippen molar-refractivity contribution in [1.29, 1.82) is 0 Å². The van der Waals surface area contributed by atoms with Crippen LogP contribution in [0, 0.1) is 13.8 Å². The number of benzene rings is 1. The number of para-hydroxylation sites is 1. The zero-order valence-electron chi connectivity index (χ0n) is 17.8. The van der Waals surface area contributed by atoms with E-state index in [9.17, 15) is 4.79 Å². The van der Waals surface area contributed by atoms with Crippen molar-refractivity contribution in [3.05, 3.63) is 64.8 Å². The Balaban J connectivity index is 1.44. The number of nitrogens with zero attached hydrogens (tertiary/aromatic N) is 3. The van der Waals surface area contributed by atoms with Gasteiger partial charge in [-0.3, -0.25) is 14.6 Å². The molecule has 1 amide bonds. The van der Waals surface area contributed by atoms with Gasteiger partial charge in [-0.05, 0) is 31.0 Å². The predicted octanol–water partition coefficient (Wildman–Crippen LogP) is 2.16. The summed E-state index contributed by atoms with van der Waals surface area (Å²) in [6.45, 7) is 10.8. The summed E-state index contributed by atoms with van der Waals surface area (Å²) in [6.07, 6.45) is 1.97. The van der Waals surface area contributed by atoms with Gasteiger partial charge in [0.15, 0.2) is 5.13 Å². The third-order valence-electron chi connectivity index (χ3n) is 5.64. The van der Waals surface area contributed by atoms with Crippen molar-refractivity contribution in [1.82, 2.24) is 4.98 Å².